The van der Waals surface area contributed by atoms with Gasteiger partial charge in [0, 0.05) is 5.41 Å². The molecule has 0 fully saturated rings. The van der Waals surface area contributed by atoms with Crippen molar-refractivity contribution in [1.29, 1.82) is 0 Å². The van der Waals surface area contributed by atoms with Crippen LogP contribution in [0.15, 0.2) is 104 Å². The lowest BCUT2D eigenvalue weighted by molar-refractivity contribution is 0.363. The molecule has 1 unspecified atom stereocenters. The van der Waals surface area contributed by atoms with E-state index in [2.05, 4.69) is 56.5 Å². The van der Waals surface area contributed by atoms with Crippen molar-refractivity contribution in [2.24, 2.45) is 0 Å². The van der Waals surface area contributed by atoms with E-state index in [1.165, 1.54) is 11.1 Å². The summed E-state index contributed by atoms with van der Waals surface area (Å²) in [6.45, 7) is 10.6. The maximum absolute atomic E-state index is 5.96. The van der Waals surface area contributed by atoms with E-state index in [0.717, 1.165) is 36.5 Å². The Labute approximate surface area is 180 Å². The van der Waals surface area contributed by atoms with Crippen LogP contribution in [0.5, 0.6) is 17.2 Å². The molecule has 0 amide bonds. The molecule has 0 aromatic heterocycles. The molecule has 3 rings (SSSR count). The normalized spacial score (nSPS) is 12.6. The van der Waals surface area contributed by atoms with E-state index in [9.17, 15) is 0 Å². The largest absolute Gasteiger partial charge is 0.490 e. The van der Waals surface area contributed by atoms with Crippen LogP contribution in [0.2, 0.25) is 0 Å². The lowest BCUT2D eigenvalue weighted by Crippen LogP contribution is -2.18. The van der Waals surface area contributed by atoms with Gasteiger partial charge in [-0.25, -0.2) is 0 Å². The van der Waals surface area contributed by atoms with Gasteiger partial charge < -0.3 is 9.47 Å². The molecule has 0 aliphatic carbocycles. The smallest absolute Gasteiger partial charge is 0.127 e. The number of rotatable bonds is 11. The Balaban J connectivity index is 1.59. The Morgan fingerprint density at radius 1 is 0.833 bits per heavy atom. The van der Waals surface area contributed by atoms with Gasteiger partial charge >= 0.3 is 0 Å². The highest BCUT2D eigenvalue weighted by atomic mass is 16.5. The van der Waals surface area contributed by atoms with Gasteiger partial charge in [0.15, 0.2) is 0 Å². The van der Waals surface area contributed by atoms with Gasteiger partial charge in [0.2, 0.25) is 0 Å². The highest BCUT2D eigenvalue weighted by molar-refractivity contribution is 5.36. The van der Waals surface area contributed by atoms with Gasteiger partial charge in [0.1, 0.15) is 23.9 Å². The summed E-state index contributed by atoms with van der Waals surface area (Å²) in [4.78, 5) is 0. The highest BCUT2D eigenvalue weighted by Gasteiger charge is 2.22. The molecule has 0 bridgehead atoms. The van der Waals surface area contributed by atoms with Gasteiger partial charge in [-0.2, -0.15) is 0 Å². The van der Waals surface area contributed by atoms with Gasteiger partial charge in [-0.3, -0.25) is 0 Å². The minimum Gasteiger partial charge on any atom is -0.490 e. The molecule has 0 spiro atoms. The average molecular weight is 399 g/mol. The van der Waals surface area contributed by atoms with Crippen LogP contribution in [0.25, 0.3) is 0 Å². The fourth-order valence-electron chi connectivity index (χ4n) is 3.50. The zero-order valence-electron chi connectivity index (χ0n) is 17.7. The molecule has 0 heterocycles. The second kappa shape index (κ2) is 10.5. The lowest BCUT2D eigenvalue weighted by atomic mass is 9.78. The molecule has 0 radical (unpaired) electrons. The molecule has 0 saturated heterocycles. The molecule has 0 aliphatic rings. The molecular formula is C28H30O2. The van der Waals surface area contributed by atoms with Crippen molar-refractivity contribution in [3.63, 3.8) is 0 Å². The summed E-state index contributed by atoms with van der Waals surface area (Å²) >= 11 is 0. The van der Waals surface area contributed by atoms with Gasteiger partial charge in [0.25, 0.3) is 0 Å². The summed E-state index contributed by atoms with van der Waals surface area (Å²) in [5, 5.41) is 0. The molecule has 30 heavy (non-hydrogen) atoms. The van der Waals surface area contributed by atoms with E-state index in [4.69, 9.17) is 9.47 Å². The Morgan fingerprint density at radius 2 is 1.57 bits per heavy atom. The summed E-state index contributed by atoms with van der Waals surface area (Å²) in [7, 11) is 0. The number of para-hydroxylation sites is 1. The molecular weight excluding hydrogens is 368 g/mol. The van der Waals surface area contributed by atoms with Crippen LogP contribution in [0.1, 0.15) is 30.9 Å². The predicted octanol–water partition coefficient (Wildman–Crippen LogP) is 7.51. The van der Waals surface area contributed by atoms with Crippen molar-refractivity contribution in [2.45, 2.75) is 31.6 Å². The molecule has 2 nitrogen and oxygen atoms in total. The number of hydrogen-bond acceptors (Lipinski definition) is 2. The van der Waals surface area contributed by atoms with Crippen LogP contribution in [0, 0.1) is 0 Å². The van der Waals surface area contributed by atoms with Crippen molar-refractivity contribution in [2.75, 3.05) is 6.61 Å². The Bertz CT molecular complexity index is 944. The average Bonchev–Trinajstić information content (AvgIpc) is 2.79. The Morgan fingerprint density at radius 3 is 2.27 bits per heavy atom. The molecule has 3 aromatic rings. The van der Waals surface area contributed by atoms with Crippen molar-refractivity contribution in [3.05, 3.63) is 115 Å². The molecule has 3 aromatic carbocycles. The minimum absolute atomic E-state index is 0.0743. The highest BCUT2D eigenvalue weighted by Crippen LogP contribution is 2.32. The third-order valence-corrected chi connectivity index (χ3v) is 5.37. The molecule has 1 atom stereocenters. The number of hydrogen-bond donors (Lipinski definition) is 0. The standard InChI is InChI=1S/C28H30O2/c1-4-21-29-25-18-16-24(17-19-25)28(3,5-2)20-10-12-23-11-9-15-27(22-23)30-26-13-7-6-8-14-26/h4-9,11,13-19,22H,1-2,10,12,20-21H2,3H3. The first-order valence-corrected chi connectivity index (χ1v) is 10.4. The van der Waals surface area contributed by atoms with Gasteiger partial charge in [-0.05, 0) is 66.8 Å². The van der Waals surface area contributed by atoms with Crippen molar-refractivity contribution in [3.8, 4) is 17.2 Å². The third kappa shape index (κ3) is 5.87. The SMILES string of the molecule is C=CCOc1ccc(C(C)(C=C)CCCc2cccc(Oc3ccccc3)c2)cc1. The second-order valence-electron chi connectivity index (χ2n) is 7.66. The summed E-state index contributed by atoms with van der Waals surface area (Å²) < 4.78 is 11.6. The van der Waals surface area contributed by atoms with Gasteiger partial charge in [-0.15, -0.1) is 6.58 Å². The Kier molecular flexibility index (Phi) is 7.51. The first kappa shape index (κ1) is 21.4. The summed E-state index contributed by atoms with van der Waals surface area (Å²) in [6, 6.07) is 26.5. The van der Waals surface area contributed by atoms with Crippen LogP contribution in [-0.4, -0.2) is 6.61 Å². The van der Waals surface area contributed by atoms with Crippen molar-refractivity contribution >= 4 is 0 Å². The Hall–Kier alpha value is -3.26. The summed E-state index contributed by atoms with van der Waals surface area (Å²) in [5.74, 6) is 2.59. The van der Waals surface area contributed by atoms with E-state index >= 15 is 0 Å². The number of aryl methyl sites for hydroxylation is 1. The molecule has 0 saturated carbocycles. The van der Waals surface area contributed by atoms with E-state index < -0.39 is 0 Å². The quantitative estimate of drug-likeness (QED) is 0.311. The molecule has 0 aliphatic heterocycles. The van der Waals surface area contributed by atoms with Crippen molar-refractivity contribution < 1.29 is 9.47 Å². The third-order valence-electron chi connectivity index (χ3n) is 5.37. The molecule has 0 N–H and O–H groups in total. The van der Waals surface area contributed by atoms with Crippen LogP contribution in [0.3, 0.4) is 0 Å². The first-order chi connectivity index (χ1) is 14.6. The molecule has 2 heteroatoms. The van der Waals surface area contributed by atoms with Crippen LogP contribution < -0.4 is 9.47 Å². The zero-order chi connectivity index (χ0) is 21.2. The summed E-state index contributed by atoms with van der Waals surface area (Å²) in [5.41, 5.74) is 2.46. The van der Waals surface area contributed by atoms with E-state index in [-0.39, 0.29) is 5.41 Å². The first-order valence-electron chi connectivity index (χ1n) is 10.4. The second-order valence-corrected chi connectivity index (χ2v) is 7.66. The van der Waals surface area contributed by atoms with Crippen LogP contribution >= 0.6 is 0 Å². The van der Waals surface area contributed by atoms with Crippen molar-refractivity contribution in [1.82, 2.24) is 0 Å². The van der Waals surface area contributed by atoms with Gasteiger partial charge in [-0.1, -0.05) is 68.1 Å². The number of allylic oxidation sites excluding steroid dienone is 1. The predicted molar refractivity (Wildman–Crippen MR) is 126 cm³/mol. The van der Waals surface area contributed by atoms with Gasteiger partial charge in [0.05, 0.1) is 0 Å². The fourth-order valence-corrected chi connectivity index (χ4v) is 3.50. The zero-order valence-corrected chi connectivity index (χ0v) is 17.7. The maximum Gasteiger partial charge on any atom is 0.127 e. The van der Waals surface area contributed by atoms with E-state index in [1.54, 1.807) is 6.08 Å². The minimum atomic E-state index is -0.0743. The number of benzene rings is 3. The van der Waals surface area contributed by atoms with E-state index in [0.29, 0.717) is 6.61 Å². The van der Waals surface area contributed by atoms with E-state index in [1.807, 2.05) is 48.5 Å². The topological polar surface area (TPSA) is 18.5 Å². The van der Waals surface area contributed by atoms with Crippen LogP contribution in [0.4, 0.5) is 0 Å². The molecule has 154 valence electrons. The summed E-state index contributed by atoms with van der Waals surface area (Å²) in [6.07, 6.45) is 6.89. The van der Waals surface area contributed by atoms with Crippen LogP contribution in [-0.2, 0) is 11.8 Å². The maximum atomic E-state index is 5.96. The lowest BCUT2D eigenvalue weighted by Gasteiger charge is -2.27. The fraction of sp³-hybridized carbons (Fsp3) is 0.214. The number of ether oxygens (including phenoxy) is 2. The monoisotopic (exact) mass is 398 g/mol.